The predicted molar refractivity (Wildman–Crippen MR) is 61.4 cm³/mol. The molecule has 4 aliphatic rings. The molecule has 1 nitrogen and oxygen atoms in total. The van der Waals surface area contributed by atoms with E-state index in [0.29, 0.717) is 11.8 Å². The minimum absolute atomic E-state index is 0.0637. The largest absolute Gasteiger partial charge is 0.298 e. The van der Waals surface area contributed by atoms with Crippen LogP contribution < -0.4 is 0 Å². The molecule has 0 heterocycles. The van der Waals surface area contributed by atoms with Crippen LogP contribution in [0.3, 0.4) is 0 Å². The number of carbonyl (C=O) groups excluding carboxylic acids is 1. The molecule has 0 aliphatic heterocycles. The van der Waals surface area contributed by atoms with Gasteiger partial charge in [-0.2, -0.15) is 0 Å². The summed E-state index contributed by atoms with van der Waals surface area (Å²) in [4.78, 5) is 12.0. The number of hydrogen-bond donors (Lipinski definition) is 0. The van der Waals surface area contributed by atoms with Gasteiger partial charge in [0.15, 0.2) is 5.78 Å². The minimum atomic E-state index is -0.131. The van der Waals surface area contributed by atoms with Gasteiger partial charge >= 0.3 is 0 Å². The Morgan fingerprint density at radius 2 is 1.80 bits per heavy atom. The van der Waals surface area contributed by atoms with E-state index in [1.54, 1.807) is 0 Å². The Morgan fingerprint density at radius 3 is 2.27 bits per heavy atom. The van der Waals surface area contributed by atoms with Crippen LogP contribution in [0.5, 0.6) is 0 Å². The van der Waals surface area contributed by atoms with Crippen LogP contribution in [0.4, 0.5) is 0 Å². The quantitative estimate of drug-likeness (QED) is 0.684. The summed E-state index contributed by atoms with van der Waals surface area (Å²) >= 11 is 12.4. The van der Waals surface area contributed by atoms with Crippen molar-refractivity contribution in [3.05, 3.63) is 0 Å². The van der Waals surface area contributed by atoms with Gasteiger partial charge < -0.3 is 0 Å². The van der Waals surface area contributed by atoms with Crippen molar-refractivity contribution in [3.63, 3.8) is 0 Å². The average molecular weight is 247 g/mol. The van der Waals surface area contributed by atoms with E-state index in [1.165, 1.54) is 6.42 Å². The lowest BCUT2D eigenvalue weighted by atomic mass is 9.48. The number of Topliss-reactive ketones (excluding diaryl/α,β-unsaturated/α-hetero) is 1. The molecule has 0 amide bonds. The van der Waals surface area contributed by atoms with E-state index >= 15 is 0 Å². The molecule has 0 aromatic carbocycles. The second kappa shape index (κ2) is 3.13. The monoisotopic (exact) mass is 246 g/mol. The van der Waals surface area contributed by atoms with Gasteiger partial charge in [-0.25, -0.2) is 0 Å². The van der Waals surface area contributed by atoms with E-state index in [1.807, 2.05) is 0 Å². The molecule has 2 unspecified atom stereocenters. The predicted octanol–water partition coefficient (Wildman–Crippen LogP) is 3.37. The summed E-state index contributed by atoms with van der Waals surface area (Å²) in [6.45, 7) is 0. The Kier molecular flexibility index (Phi) is 2.17. The molecule has 0 aromatic heterocycles. The van der Waals surface area contributed by atoms with Crippen LogP contribution >= 0.6 is 23.2 Å². The van der Waals surface area contributed by atoms with Gasteiger partial charge in [-0.05, 0) is 50.4 Å². The van der Waals surface area contributed by atoms with Crippen LogP contribution in [0.1, 0.15) is 38.5 Å². The molecule has 4 saturated carbocycles. The maximum Gasteiger partial charge on any atom is 0.153 e. The number of hydrogen-bond acceptors (Lipinski definition) is 1. The number of carbonyl (C=O) groups is 1. The fraction of sp³-hybridized carbons (Fsp3) is 0.917. The normalized spacial score (nSPS) is 52.1. The van der Waals surface area contributed by atoms with Gasteiger partial charge in [0.05, 0.1) is 5.88 Å². The first-order valence-corrected chi connectivity index (χ1v) is 6.75. The summed E-state index contributed by atoms with van der Waals surface area (Å²) in [6, 6.07) is 0. The van der Waals surface area contributed by atoms with E-state index < -0.39 is 0 Å². The zero-order valence-corrected chi connectivity index (χ0v) is 10.3. The van der Waals surface area contributed by atoms with Gasteiger partial charge in [-0.15, -0.1) is 23.2 Å². The van der Waals surface area contributed by atoms with Crippen molar-refractivity contribution in [3.8, 4) is 0 Å². The third-order valence-corrected chi connectivity index (χ3v) is 5.39. The second-order valence-corrected chi connectivity index (χ2v) is 7.02. The zero-order chi connectivity index (χ0) is 10.7. The molecule has 0 N–H and O–H groups in total. The standard InChI is InChI=1S/C12H16Cl2O/c13-6-10(15)11-2-8-1-9(3-11)5-12(14,4-8)7-11/h8-9H,1-7H2. The van der Waals surface area contributed by atoms with Crippen molar-refractivity contribution >= 4 is 29.0 Å². The summed E-state index contributed by atoms with van der Waals surface area (Å²) < 4.78 is 0. The Morgan fingerprint density at radius 1 is 1.20 bits per heavy atom. The first-order chi connectivity index (χ1) is 7.05. The van der Waals surface area contributed by atoms with Crippen molar-refractivity contribution in [1.29, 1.82) is 0 Å². The summed E-state index contributed by atoms with van der Waals surface area (Å²) in [6.07, 6.45) is 6.56. The third-order valence-electron chi connectivity index (χ3n) is 4.70. The molecule has 84 valence electrons. The minimum Gasteiger partial charge on any atom is -0.298 e. The van der Waals surface area contributed by atoms with E-state index in [9.17, 15) is 4.79 Å². The molecule has 15 heavy (non-hydrogen) atoms. The molecule has 4 rings (SSSR count). The van der Waals surface area contributed by atoms with Crippen LogP contribution in [-0.4, -0.2) is 16.5 Å². The van der Waals surface area contributed by atoms with E-state index in [2.05, 4.69) is 0 Å². The van der Waals surface area contributed by atoms with E-state index in [-0.39, 0.29) is 22.0 Å². The van der Waals surface area contributed by atoms with Gasteiger partial charge in [0.25, 0.3) is 0 Å². The van der Waals surface area contributed by atoms with Gasteiger partial charge in [0, 0.05) is 10.3 Å². The van der Waals surface area contributed by atoms with Crippen molar-refractivity contribution in [2.45, 2.75) is 43.4 Å². The maximum atomic E-state index is 12.0. The Balaban J connectivity index is 1.96. The van der Waals surface area contributed by atoms with Crippen LogP contribution in [0.25, 0.3) is 0 Å². The molecule has 0 radical (unpaired) electrons. The number of ketones is 1. The van der Waals surface area contributed by atoms with Crippen LogP contribution in [0, 0.1) is 17.3 Å². The molecule has 4 fully saturated rings. The SMILES string of the molecule is O=C(CCl)C12CC3CC(CC(Cl)(C3)C1)C2. The highest BCUT2D eigenvalue weighted by Gasteiger charge is 2.59. The average Bonchev–Trinajstić information content (AvgIpc) is 2.12. The van der Waals surface area contributed by atoms with Gasteiger partial charge in [-0.1, -0.05) is 0 Å². The van der Waals surface area contributed by atoms with E-state index in [4.69, 9.17) is 23.2 Å². The smallest absolute Gasteiger partial charge is 0.153 e. The fourth-order valence-corrected chi connectivity index (χ4v) is 5.59. The van der Waals surface area contributed by atoms with E-state index in [0.717, 1.165) is 32.1 Å². The lowest BCUT2D eigenvalue weighted by Gasteiger charge is -2.59. The molecule has 0 saturated heterocycles. The van der Waals surface area contributed by atoms with Crippen LogP contribution in [0.2, 0.25) is 0 Å². The Labute approximate surface area is 101 Å². The Bertz CT molecular complexity index is 299. The van der Waals surface area contributed by atoms with Crippen molar-refractivity contribution < 1.29 is 4.79 Å². The lowest BCUT2D eigenvalue weighted by Crippen LogP contribution is -2.56. The molecule has 4 bridgehead atoms. The zero-order valence-electron chi connectivity index (χ0n) is 8.77. The molecule has 0 aromatic rings. The van der Waals surface area contributed by atoms with Gasteiger partial charge in [0.1, 0.15) is 0 Å². The molecule has 4 aliphatic carbocycles. The molecule has 2 atom stereocenters. The van der Waals surface area contributed by atoms with Crippen LogP contribution in [0.15, 0.2) is 0 Å². The van der Waals surface area contributed by atoms with Crippen molar-refractivity contribution in [2.75, 3.05) is 5.88 Å². The van der Waals surface area contributed by atoms with Crippen molar-refractivity contribution in [2.24, 2.45) is 17.3 Å². The lowest BCUT2D eigenvalue weighted by molar-refractivity contribution is -0.139. The Hall–Kier alpha value is 0.250. The summed E-state index contributed by atoms with van der Waals surface area (Å²) in [5, 5.41) is 0. The summed E-state index contributed by atoms with van der Waals surface area (Å²) in [7, 11) is 0. The molecular formula is C12H16Cl2O. The van der Waals surface area contributed by atoms with Gasteiger partial charge in [-0.3, -0.25) is 4.79 Å². The van der Waals surface area contributed by atoms with Crippen molar-refractivity contribution in [1.82, 2.24) is 0 Å². The molecule has 0 spiro atoms. The number of halogens is 2. The first-order valence-electron chi connectivity index (χ1n) is 5.83. The number of rotatable bonds is 2. The number of alkyl halides is 2. The second-order valence-electron chi connectivity index (χ2n) is 5.95. The van der Waals surface area contributed by atoms with Gasteiger partial charge in [0.2, 0.25) is 0 Å². The topological polar surface area (TPSA) is 17.1 Å². The first kappa shape index (κ1) is 10.4. The third kappa shape index (κ3) is 1.46. The summed E-state index contributed by atoms with van der Waals surface area (Å²) in [5.41, 5.74) is -0.131. The highest BCUT2D eigenvalue weighted by atomic mass is 35.5. The highest BCUT2D eigenvalue weighted by molar-refractivity contribution is 6.29. The fourth-order valence-electron chi connectivity index (χ4n) is 4.62. The molecular weight excluding hydrogens is 231 g/mol. The highest BCUT2D eigenvalue weighted by Crippen LogP contribution is 2.64. The summed E-state index contributed by atoms with van der Waals surface area (Å²) in [5.74, 6) is 1.81. The maximum absolute atomic E-state index is 12.0. The van der Waals surface area contributed by atoms with Crippen LogP contribution in [-0.2, 0) is 4.79 Å². The molecule has 3 heteroatoms.